The highest BCUT2D eigenvalue weighted by atomic mass is 16.5. The standard InChI is InChI=1S/C18H22N2O6/c1-11-3-4-14(25-2)13(7-11)20-9-12(8-16(20)21)17(22)19-5-6-26-15(10-19)18(23)24/h3-4,7,12,15H,5-6,8-10H2,1-2H3,(H,23,24)/t12-,15-/m1/s1. The lowest BCUT2D eigenvalue weighted by molar-refractivity contribution is -0.160. The molecule has 0 bridgehead atoms. The first-order valence-electron chi connectivity index (χ1n) is 8.49. The van der Waals surface area contributed by atoms with Crippen molar-refractivity contribution in [1.29, 1.82) is 0 Å². The highest BCUT2D eigenvalue weighted by molar-refractivity contribution is 6.01. The molecular formula is C18H22N2O6. The van der Waals surface area contributed by atoms with Gasteiger partial charge in [0.05, 0.1) is 31.9 Å². The van der Waals surface area contributed by atoms with Crippen LogP contribution in [-0.2, 0) is 19.1 Å². The van der Waals surface area contributed by atoms with Gasteiger partial charge in [0.2, 0.25) is 11.8 Å². The number of anilines is 1. The molecule has 2 saturated heterocycles. The molecule has 0 radical (unpaired) electrons. The molecule has 2 fully saturated rings. The van der Waals surface area contributed by atoms with Gasteiger partial charge in [-0.2, -0.15) is 0 Å². The number of nitrogens with zero attached hydrogens (tertiary/aromatic N) is 2. The number of morpholine rings is 1. The van der Waals surface area contributed by atoms with Gasteiger partial charge in [0.1, 0.15) is 5.75 Å². The Bertz CT molecular complexity index is 734. The number of carbonyl (C=O) groups is 3. The van der Waals surface area contributed by atoms with E-state index in [0.29, 0.717) is 18.0 Å². The molecule has 0 spiro atoms. The zero-order chi connectivity index (χ0) is 18.8. The van der Waals surface area contributed by atoms with E-state index in [-0.39, 0.29) is 37.9 Å². The molecule has 0 unspecified atom stereocenters. The number of hydrogen-bond donors (Lipinski definition) is 1. The Hall–Kier alpha value is -2.61. The number of methoxy groups -OCH3 is 1. The minimum Gasteiger partial charge on any atom is -0.495 e. The van der Waals surface area contributed by atoms with Gasteiger partial charge in [-0.1, -0.05) is 6.07 Å². The van der Waals surface area contributed by atoms with E-state index in [0.717, 1.165) is 5.56 Å². The van der Waals surface area contributed by atoms with Crippen molar-refractivity contribution in [2.24, 2.45) is 5.92 Å². The van der Waals surface area contributed by atoms with Crippen LogP contribution in [-0.4, -0.2) is 67.2 Å². The maximum atomic E-state index is 12.8. The molecule has 0 aliphatic carbocycles. The Morgan fingerprint density at radius 1 is 1.31 bits per heavy atom. The van der Waals surface area contributed by atoms with Crippen LogP contribution in [0, 0.1) is 12.8 Å². The van der Waals surface area contributed by atoms with Crippen molar-refractivity contribution < 1.29 is 29.0 Å². The van der Waals surface area contributed by atoms with E-state index in [9.17, 15) is 14.4 Å². The maximum Gasteiger partial charge on any atom is 0.334 e. The number of carbonyl (C=O) groups excluding carboxylic acids is 2. The zero-order valence-electron chi connectivity index (χ0n) is 14.8. The molecule has 8 nitrogen and oxygen atoms in total. The van der Waals surface area contributed by atoms with Crippen molar-refractivity contribution >= 4 is 23.5 Å². The summed E-state index contributed by atoms with van der Waals surface area (Å²) in [6, 6.07) is 5.55. The number of rotatable bonds is 4. The third-order valence-corrected chi connectivity index (χ3v) is 4.75. The number of aryl methyl sites for hydroxylation is 1. The van der Waals surface area contributed by atoms with Crippen LogP contribution < -0.4 is 9.64 Å². The molecule has 0 aromatic heterocycles. The smallest absolute Gasteiger partial charge is 0.334 e. The third kappa shape index (κ3) is 3.50. The highest BCUT2D eigenvalue weighted by Crippen LogP contribution is 2.34. The van der Waals surface area contributed by atoms with Crippen LogP contribution in [0.2, 0.25) is 0 Å². The summed E-state index contributed by atoms with van der Waals surface area (Å²) in [5, 5.41) is 9.08. The van der Waals surface area contributed by atoms with Crippen molar-refractivity contribution in [3.63, 3.8) is 0 Å². The van der Waals surface area contributed by atoms with Gasteiger partial charge in [0.15, 0.2) is 6.10 Å². The second-order valence-corrected chi connectivity index (χ2v) is 6.56. The molecule has 3 rings (SSSR count). The lowest BCUT2D eigenvalue weighted by Gasteiger charge is -2.32. The topological polar surface area (TPSA) is 96.4 Å². The SMILES string of the molecule is COc1ccc(C)cc1N1C[C@H](C(=O)N2CCO[C@@H](C(=O)O)C2)CC1=O. The van der Waals surface area contributed by atoms with Crippen LogP contribution in [0.25, 0.3) is 0 Å². The first-order chi connectivity index (χ1) is 12.4. The Labute approximate surface area is 151 Å². The fourth-order valence-electron chi connectivity index (χ4n) is 3.37. The van der Waals surface area contributed by atoms with Crippen LogP contribution in [0.15, 0.2) is 18.2 Å². The minimum atomic E-state index is -1.09. The van der Waals surface area contributed by atoms with Gasteiger partial charge < -0.3 is 24.4 Å². The predicted molar refractivity (Wildman–Crippen MR) is 92.1 cm³/mol. The van der Waals surface area contributed by atoms with Gasteiger partial charge in [-0.15, -0.1) is 0 Å². The molecule has 140 valence electrons. The summed E-state index contributed by atoms with van der Waals surface area (Å²) in [5.41, 5.74) is 1.64. The largest absolute Gasteiger partial charge is 0.495 e. The molecule has 8 heteroatoms. The minimum absolute atomic E-state index is 0.00657. The average Bonchev–Trinajstić information content (AvgIpc) is 3.02. The predicted octanol–water partition coefficient (Wildman–Crippen LogP) is 0.669. The number of aliphatic carboxylic acids is 1. The number of carboxylic acids is 1. The molecule has 2 heterocycles. The van der Waals surface area contributed by atoms with Crippen molar-refractivity contribution in [3.05, 3.63) is 23.8 Å². The third-order valence-electron chi connectivity index (χ3n) is 4.75. The molecule has 26 heavy (non-hydrogen) atoms. The van der Waals surface area contributed by atoms with Crippen molar-refractivity contribution in [2.45, 2.75) is 19.4 Å². The average molecular weight is 362 g/mol. The summed E-state index contributed by atoms with van der Waals surface area (Å²) in [6.45, 7) is 2.70. The molecule has 0 saturated carbocycles. The number of ether oxygens (including phenoxy) is 2. The summed E-state index contributed by atoms with van der Waals surface area (Å²) in [5.74, 6) is -1.36. The Morgan fingerprint density at radius 3 is 2.77 bits per heavy atom. The molecule has 1 aromatic rings. The normalized spacial score (nSPS) is 23.2. The van der Waals surface area contributed by atoms with Crippen LogP contribution >= 0.6 is 0 Å². The van der Waals surface area contributed by atoms with E-state index in [2.05, 4.69) is 0 Å². The lowest BCUT2D eigenvalue weighted by atomic mass is 10.1. The first kappa shape index (κ1) is 18.2. The van der Waals surface area contributed by atoms with E-state index in [1.54, 1.807) is 11.0 Å². The Kier molecular flexibility index (Phi) is 5.13. The lowest BCUT2D eigenvalue weighted by Crippen LogP contribution is -2.50. The summed E-state index contributed by atoms with van der Waals surface area (Å²) >= 11 is 0. The van der Waals surface area contributed by atoms with E-state index in [4.69, 9.17) is 14.6 Å². The molecule has 2 aliphatic heterocycles. The van der Waals surface area contributed by atoms with Crippen LogP contribution in [0.3, 0.4) is 0 Å². The molecule has 1 aromatic carbocycles. The second-order valence-electron chi connectivity index (χ2n) is 6.56. The van der Waals surface area contributed by atoms with Crippen molar-refractivity contribution in [2.75, 3.05) is 38.3 Å². The van der Waals surface area contributed by atoms with E-state index < -0.39 is 18.0 Å². The van der Waals surface area contributed by atoms with Crippen LogP contribution in [0.1, 0.15) is 12.0 Å². The van der Waals surface area contributed by atoms with Gasteiger partial charge in [0.25, 0.3) is 0 Å². The van der Waals surface area contributed by atoms with E-state index in [1.807, 2.05) is 19.1 Å². The molecule has 2 amide bonds. The molecule has 2 atom stereocenters. The number of hydrogen-bond acceptors (Lipinski definition) is 5. The number of amides is 2. The van der Waals surface area contributed by atoms with Gasteiger partial charge in [-0.25, -0.2) is 4.79 Å². The summed E-state index contributed by atoms with van der Waals surface area (Å²) < 4.78 is 10.5. The van der Waals surface area contributed by atoms with Gasteiger partial charge in [-0.05, 0) is 24.6 Å². The quantitative estimate of drug-likeness (QED) is 0.846. The van der Waals surface area contributed by atoms with E-state index >= 15 is 0 Å². The second kappa shape index (κ2) is 7.33. The van der Waals surface area contributed by atoms with Crippen molar-refractivity contribution in [3.8, 4) is 5.75 Å². The van der Waals surface area contributed by atoms with E-state index in [1.165, 1.54) is 12.0 Å². The van der Waals surface area contributed by atoms with Gasteiger partial charge in [-0.3, -0.25) is 9.59 Å². The molecule has 2 aliphatic rings. The fraction of sp³-hybridized carbons (Fsp3) is 0.500. The number of carboxylic acid groups (broad SMARTS) is 1. The van der Waals surface area contributed by atoms with Gasteiger partial charge in [0, 0.05) is 19.5 Å². The Balaban J connectivity index is 1.74. The van der Waals surface area contributed by atoms with Crippen LogP contribution in [0.4, 0.5) is 5.69 Å². The Morgan fingerprint density at radius 2 is 2.08 bits per heavy atom. The first-order valence-corrected chi connectivity index (χ1v) is 8.49. The fourth-order valence-corrected chi connectivity index (χ4v) is 3.37. The molecular weight excluding hydrogens is 340 g/mol. The molecule has 1 N–H and O–H groups in total. The number of benzene rings is 1. The summed E-state index contributed by atoms with van der Waals surface area (Å²) in [4.78, 5) is 39.4. The summed E-state index contributed by atoms with van der Waals surface area (Å²) in [6.07, 6.45) is -0.914. The maximum absolute atomic E-state index is 12.8. The summed E-state index contributed by atoms with van der Waals surface area (Å²) in [7, 11) is 1.54. The van der Waals surface area contributed by atoms with Crippen LogP contribution in [0.5, 0.6) is 5.75 Å². The van der Waals surface area contributed by atoms with Gasteiger partial charge >= 0.3 is 5.97 Å². The highest BCUT2D eigenvalue weighted by Gasteiger charge is 2.40. The zero-order valence-corrected chi connectivity index (χ0v) is 14.8. The monoisotopic (exact) mass is 362 g/mol. The van der Waals surface area contributed by atoms with Crippen molar-refractivity contribution in [1.82, 2.24) is 4.90 Å².